The molecular weight excluding hydrogens is 332 g/mol. The van der Waals surface area contributed by atoms with Gasteiger partial charge in [0.1, 0.15) is 5.75 Å². The Morgan fingerprint density at radius 3 is 2.52 bits per heavy atom. The van der Waals surface area contributed by atoms with E-state index in [0.717, 1.165) is 33.4 Å². The Hall–Kier alpha value is -2.66. The number of ketones is 1. The number of methoxy groups -OCH3 is 1. The number of nitrogens with zero attached hydrogens (tertiary/aromatic N) is 1. The molecule has 1 N–H and O–H groups in total. The van der Waals surface area contributed by atoms with E-state index in [-0.39, 0.29) is 5.78 Å². The highest BCUT2D eigenvalue weighted by atomic mass is 32.1. The molecule has 0 aliphatic heterocycles. The fraction of sp³-hybridized carbons (Fsp3) is 0.200. The summed E-state index contributed by atoms with van der Waals surface area (Å²) >= 11 is 1.54. The summed E-state index contributed by atoms with van der Waals surface area (Å²) in [5.41, 5.74) is 5.76. The van der Waals surface area contributed by atoms with Gasteiger partial charge in [0.15, 0.2) is 10.9 Å². The summed E-state index contributed by atoms with van der Waals surface area (Å²) in [5, 5.41) is 6.10. The molecule has 3 rings (SSSR count). The normalized spacial score (nSPS) is 10.6. The zero-order chi connectivity index (χ0) is 18.0. The zero-order valence-corrected chi connectivity index (χ0v) is 15.5. The van der Waals surface area contributed by atoms with Crippen molar-refractivity contribution in [1.82, 2.24) is 4.98 Å². The number of carbonyl (C=O) groups is 1. The first kappa shape index (κ1) is 17.2. The van der Waals surface area contributed by atoms with Gasteiger partial charge in [-0.1, -0.05) is 6.07 Å². The van der Waals surface area contributed by atoms with Crippen LogP contribution in [0.15, 0.2) is 41.8 Å². The predicted octanol–water partition coefficient (Wildman–Crippen LogP) is 5.38. The highest BCUT2D eigenvalue weighted by Gasteiger charge is 2.13. The van der Waals surface area contributed by atoms with Gasteiger partial charge in [-0.15, -0.1) is 11.3 Å². The number of Topliss-reactive ketones (excluding diaryl/α,β-unsaturated/α-hetero) is 1. The SMILES string of the molecule is COc1c(C)cc(C)cc1-c1csc(Nc2ccc(C(C)=O)cc2)n1. The quantitative estimate of drug-likeness (QED) is 0.626. The number of ether oxygens (including phenoxy) is 1. The maximum atomic E-state index is 11.3. The molecule has 3 aromatic rings. The van der Waals surface area contributed by atoms with Crippen LogP contribution in [0.4, 0.5) is 10.8 Å². The summed E-state index contributed by atoms with van der Waals surface area (Å²) in [7, 11) is 1.68. The van der Waals surface area contributed by atoms with Gasteiger partial charge >= 0.3 is 0 Å². The van der Waals surface area contributed by atoms with E-state index in [2.05, 4.69) is 29.4 Å². The van der Waals surface area contributed by atoms with Gasteiger partial charge in [0.2, 0.25) is 0 Å². The van der Waals surface area contributed by atoms with E-state index in [1.165, 1.54) is 16.9 Å². The number of hydrogen-bond acceptors (Lipinski definition) is 5. The lowest BCUT2D eigenvalue weighted by Crippen LogP contribution is -1.95. The van der Waals surface area contributed by atoms with Crippen molar-refractivity contribution in [3.8, 4) is 17.0 Å². The highest BCUT2D eigenvalue weighted by Crippen LogP contribution is 2.36. The average Bonchev–Trinajstić information content (AvgIpc) is 3.03. The standard InChI is InChI=1S/C20H20N2O2S/c1-12-9-13(2)19(24-4)17(10-12)18-11-25-20(22-18)21-16-7-5-15(6-8-16)14(3)23/h5-11H,1-4H3,(H,21,22). The fourth-order valence-corrected chi connectivity index (χ4v) is 3.51. The Kier molecular flexibility index (Phi) is 4.86. The van der Waals surface area contributed by atoms with Crippen molar-refractivity contribution >= 4 is 27.9 Å². The molecule has 0 aliphatic carbocycles. The van der Waals surface area contributed by atoms with E-state index in [9.17, 15) is 4.79 Å². The first-order valence-electron chi connectivity index (χ1n) is 7.97. The summed E-state index contributed by atoms with van der Waals surface area (Å²) in [6, 6.07) is 11.6. The van der Waals surface area contributed by atoms with Gasteiger partial charge in [-0.25, -0.2) is 4.98 Å². The number of hydrogen-bond donors (Lipinski definition) is 1. The second-order valence-electron chi connectivity index (χ2n) is 5.96. The number of thiazole rings is 1. The molecule has 0 fully saturated rings. The van der Waals surface area contributed by atoms with Crippen LogP contribution in [-0.2, 0) is 0 Å². The second kappa shape index (κ2) is 7.07. The molecule has 25 heavy (non-hydrogen) atoms. The van der Waals surface area contributed by atoms with Crippen LogP contribution < -0.4 is 10.1 Å². The Balaban J connectivity index is 1.87. The molecule has 0 spiro atoms. The van der Waals surface area contributed by atoms with Crippen molar-refractivity contribution < 1.29 is 9.53 Å². The molecular formula is C20H20N2O2S. The topological polar surface area (TPSA) is 51.2 Å². The summed E-state index contributed by atoms with van der Waals surface area (Å²) in [6.45, 7) is 5.67. The molecule has 4 nitrogen and oxygen atoms in total. The van der Waals surface area contributed by atoms with Crippen molar-refractivity contribution in [2.24, 2.45) is 0 Å². The molecule has 0 radical (unpaired) electrons. The lowest BCUT2D eigenvalue weighted by Gasteiger charge is -2.11. The van der Waals surface area contributed by atoms with E-state index >= 15 is 0 Å². The molecule has 0 bridgehead atoms. The predicted molar refractivity (Wildman–Crippen MR) is 103 cm³/mol. The largest absolute Gasteiger partial charge is 0.496 e. The fourth-order valence-electron chi connectivity index (χ4n) is 2.78. The van der Waals surface area contributed by atoms with Gasteiger partial charge in [0.05, 0.1) is 12.8 Å². The van der Waals surface area contributed by atoms with Crippen LogP contribution in [0, 0.1) is 13.8 Å². The van der Waals surface area contributed by atoms with Crippen LogP contribution in [0.5, 0.6) is 5.75 Å². The molecule has 128 valence electrons. The van der Waals surface area contributed by atoms with Crippen molar-refractivity contribution in [2.75, 3.05) is 12.4 Å². The molecule has 2 aromatic carbocycles. The Morgan fingerprint density at radius 1 is 1.16 bits per heavy atom. The van der Waals surface area contributed by atoms with Gasteiger partial charge in [0, 0.05) is 22.2 Å². The van der Waals surface area contributed by atoms with Crippen molar-refractivity contribution in [3.05, 3.63) is 58.5 Å². The van der Waals surface area contributed by atoms with Crippen LogP contribution in [0.3, 0.4) is 0 Å². The third-order valence-electron chi connectivity index (χ3n) is 3.95. The molecule has 0 amide bonds. The Bertz CT molecular complexity index is 914. The lowest BCUT2D eigenvalue weighted by molar-refractivity contribution is 0.101. The van der Waals surface area contributed by atoms with Crippen molar-refractivity contribution in [1.29, 1.82) is 0 Å². The van der Waals surface area contributed by atoms with E-state index in [0.29, 0.717) is 5.56 Å². The van der Waals surface area contributed by atoms with E-state index in [1.807, 2.05) is 36.6 Å². The van der Waals surface area contributed by atoms with Crippen molar-refractivity contribution in [2.45, 2.75) is 20.8 Å². The number of benzene rings is 2. The molecule has 0 saturated carbocycles. The maximum Gasteiger partial charge on any atom is 0.187 e. The van der Waals surface area contributed by atoms with Gasteiger partial charge in [-0.3, -0.25) is 4.79 Å². The maximum absolute atomic E-state index is 11.3. The van der Waals surface area contributed by atoms with E-state index in [1.54, 1.807) is 14.0 Å². The third-order valence-corrected chi connectivity index (χ3v) is 4.70. The minimum Gasteiger partial charge on any atom is -0.496 e. The minimum absolute atomic E-state index is 0.0602. The Labute approximate surface area is 151 Å². The number of carbonyl (C=O) groups excluding carboxylic acids is 1. The van der Waals surface area contributed by atoms with E-state index in [4.69, 9.17) is 4.74 Å². The Morgan fingerprint density at radius 2 is 1.88 bits per heavy atom. The van der Waals surface area contributed by atoms with Gasteiger partial charge in [-0.05, 0) is 62.2 Å². The zero-order valence-electron chi connectivity index (χ0n) is 14.7. The van der Waals surface area contributed by atoms with Crippen LogP contribution in [-0.4, -0.2) is 17.9 Å². The number of rotatable bonds is 5. The number of aromatic nitrogens is 1. The third kappa shape index (κ3) is 3.72. The summed E-state index contributed by atoms with van der Waals surface area (Å²) in [5.74, 6) is 0.915. The summed E-state index contributed by atoms with van der Waals surface area (Å²) in [4.78, 5) is 16.0. The average molecular weight is 352 g/mol. The monoisotopic (exact) mass is 352 g/mol. The molecule has 0 unspecified atom stereocenters. The first-order chi connectivity index (χ1) is 12.0. The molecule has 5 heteroatoms. The van der Waals surface area contributed by atoms with Crippen LogP contribution in [0.1, 0.15) is 28.4 Å². The van der Waals surface area contributed by atoms with E-state index < -0.39 is 0 Å². The molecule has 1 heterocycles. The van der Waals surface area contributed by atoms with Crippen LogP contribution >= 0.6 is 11.3 Å². The summed E-state index contributed by atoms with van der Waals surface area (Å²) < 4.78 is 5.56. The number of aryl methyl sites for hydroxylation is 2. The van der Waals surface area contributed by atoms with Gasteiger partial charge < -0.3 is 10.1 Å². The van der Waals surface area contributed by atoms with Crippen molar-refractivity contribution in [3.63, 3.8) is 0 Å². The van der Waals surface area contributed by atoms with Gasteiger partial charge in [-0.2, -0.15) is 0 Å². The first-order valence-corrected chi connectivity index (χ1v) is 8.85. The number of anilines is 2. The second-order valence-corrected chi connectivity index (χ2v) is 6.82. The highest BCUT2D eigenvalue weighted by molar-refractivity contribution is 7.14. The smallest absolute Gasteiger partial charge is 0.187 e. The van der Waals surface area contributed by atoms with Crippen LogP contribution in [0.2, 0.25) is 0 Å². The van der Waals surface area contributed by atoms with Gasteiger partial charge in [0.25, 0.3) is 0 Å². The number of nitrogens with one attached hydrogen (secondary N) is 1. The molecule has 0 atom stereocenters. The lowest BCUT2D eigenvalue weighted by atomic mass is 10.0. The van der Waals surface area contributed by atoms with Crippen LogP contribution in [0.25, 0.3) is 11.3 Å². The summed E-state index contributed by atoms with van der Waals surface area (Å²) in [6.07, 6.45) is 0. The molecule has 0 aliphatic rings. The molecule has 1 aromatic heterocycles. The minimum atomic E-state index is 0.0602. The molecule has 0 saturated heterocycles.